The lowest BCUT2D eigenvalue weighted by Crippen LogP contribution is -2.46. The van der Waals surface area contributed by atoms with Gasteiger partial charge in [0.15, 0.2) is 0 Å². The second kappa shape index (κ2) is 8.11. The minimum Gasteiger partial charge on any atom is -0.481 e. The van der Waals surface area contributed by atoms with Gasteiger partial charge in [-0.05, 0) is 31.6 Å². The molecule has 5 heteroatoms. The fraction of sp³-hybridized carbons (Fsp3) is 0.938. The Hall–Kier alpha value is -0.650. The molecule has 1 aliphatic heterocycles. The lowest BCUT2D eigenvalue weighted by Gasteiger charge is -2.35. The summed E-state index contributed by atoms with van der Waals surface area (Å²) < 4.78 is 11.7. The quantitative estimate of drug-likeness (QED) is 0.813. The van der Waals surface area contributed by atoms with Crippen LogP contribution in [0.4, 0.5) is 0 Å². The number of hydrogen-bond donors (Lipinski definition) is 1. The Kier molecular flexibility index (Phi) is 6.45. The second-order valence-corrected chi connectivity index (χ2v) is 6.79. The van der Waals surface area contributed by atoms with Crippen LogP contribution < -0.4 is 0 Å². The lowest BCUT2D eigenvalue weighted by molar-refractivity contribution is -0.144. The average Bonchev–Trinajstić information content (AvgIpc) is 2.45. The molecule has 1 heterocycles. The van der Waals surface area contributed by atoms with E-state index in [1.807, 2.05) is 0 Å². The van der Waals surface area contributed by atoms with Gasteiger partial charge in [0.25, 0.3) is 0 Å². The van der Waals surface area contributed by atoms with Gasteiger partial charge in [-0.3, -0.25) is 9.69 Å². The van der Waals surface area contributed by atoms with Gasteiger partial charge in [0, 0.05) is 19.6 Å². The predicted molar refractivity (Wildman–Crippen MR) is 80.4 cm³/mol. The third-order valence-electron chi connectivity index (χ3n) is 4.39. The first-order chi connectivity index (χ1) is 10.0. The number of rotatable bonds is 6. The molecule has 1 saturated heterocycles. The van der Waals surface area contributed by atoms with Gasteiger partial charge in [-0.2, -0.15) is 0 Å². The normalized spacial score (nSPS) is 31.5. The minimum absolute atomic E-state index is 0.162. The molecule has 2 fully saturated rings. The molecule has 0 bridgehead atoms. The zero-order chi connectivity index (χ0) is 15.2. The first kappa shape index (κ1) is 16.7. The molecule has 1 atom stereocenters. The maximum absolute atomic E-state index is 10.9. The van der Waals surface area contributed by atoms with Gasteiger partial charge in [-0.1, -0.05) is 13.8 Å². The fourth-order valence-electron chi connectivity index (χ4n) is 3.28. The molecule has 1 unspecified atom stereocenters. The number of morpholine rings is 1. The predicted octanol–water partition coefficient (Wildman–Crippen LogP) is 2.00. The first-order valence-electron chi connectivity index (χ1n) is 8.23. The summed E-state index contributed by atoms with van der Waals surface area (Å²) in [7, 11) is 0. The van der Waals surface area contributed by atoms with E-state index in [0.717, 1.165) is 51.9 Å². The minimum atomic E-state index is -0.659. The van der Waals surface area contributed by atoms with Crippen LogP contribution in [0.3, 0.4) is 0 Å². The molecule has 1 saturated carbocycles. The Balaban J connectivity index is 1.65. The lowest BCUT2D eigenvalue weighted by atomic mass is 9.87. The van der Waals surface area contributed by atoms with Gasteiger partial charge in [0.05, 0.1) is 31.3 Å². The maximum Gasteiger partial charge on any atom is 0.306 e. The van der Waals surface area contributed by atoms with Gasteiger partial charge < -0.3 is 14.6 Å². The van der Waals surface area contributed by atoms with Gasteiger partial charge >= 0.3 is 5.97 Å². The third kappa shape index (κ3) is 5.57. The first-order valence-corrected chi connectivity index (χ1v) is 8.23. The molecule has 2 aliphatic rings. The van der Waals surface area contributed by atoms with Crippen molar-refractivity contribution in [3.8, 4) is 0 Å². The van der Waals surface area contributed by atoms with Crippen LogP contribution in [0.2, 0.25) is 0 Å². The largest absolute Gasteiger partial charge is 0.481 e. The van der Waals surface area contributed by atoms with E-state index in [1.54, 1.807) is 0 Å². The summed E-state index contributed by atoms with van der Waals surface area (Å²) in [6, 6.07) is 0. The smallest absolute Gasteiger partial charge is 0.306 e. The summed E-state index contributed by atoms with van der Waals surface area (Å²) in [4.78, 5) is 13.4. The summed E-state index contributed by atoms with van der Waals surface area (Å²) >= 11 is 0. The molecule has 2 rings (SSSR count). The van der Waals surface area contributed by atoms with Crippen molar-refractivity contribution in [3.05, 3.63) is 0 Å². The Morgan fingerprint density at radius 2 is 2.05 bits per heavy atom. The van der Waals surface area contributed by atoms with Gasteiger partial charge in [-0.25, -0.2) is 0 Å². The number of carboxylic acid groups (broad SMARTS) is 1. The summed E-state index contributed by atoms with van der Waals surface area (Å²) in [5.74, 6) is -0.151. The summed E-state index contributed by atoms with van der Waals surface area (Å²) in [6.45, 7) is 8.97. The van der Waals surface area contributed by atoms with E-state index < -0.39 is 5.97 Å². The van der Waals surface area contributed by atoms with Crippen LogP contribution in [0.15, 0.2) is 0 Å². The third-order valence-corrected chi connectivity index (χ3v) is 4.39. The monoisotopic (exact) mass is 299 g/mol. The average molecular weight is 299 g/mol. The Morgan fingerprint density at radius 3 is 2.67 bits per heavy atom. The number of aliphatic carboxylic acids is 1. The van der Waals surface area contributed by atoms with E-state index in [1.165, 1.54) is 0 Å². The summed E-state index contributed by atoms with van der Waals surface area (Å²) in [6.07, 6.45) is 3.58. The van der Waals surface area contributed by atoms with Gasteiger partial charge in [0.2, 0.25) is 0 Å². The van der Waals surface area contributed by atoms with E-state index in [2.05, 4.69) is 18.7 Å². The molecular weight excluding hydrogens is 270 g/mol. The highest BCUT2D eigenvalue weighted by atomic mass is 16.5. The van der Waals surface area contributed by atoms with E-state index in [0.29, 0.717) is 12.5 Å². The van der Waals surface area contributed by atoms with Crippen LogP contribution in [-0.4, -0.2) is 61.0 Å². The number of carbonyl (C=O) groups is 1. The molecule has 0 radical (unpaired) electrons. The van der Waals surface area contributed by atoms with Crippen molar-refractivity contribution in [1.82, 2.24) is 4.90 Å². The van der Waals surface area contributed by atoms with E-state index in [9.17, 15) is 4.79 Å². The molecule has 21 heavy (non-hydrogen) atoms. The van der Waals surface area contributed by atoms with Crippen LogP contribution in [0, 0.1) is 11.8 Å². The SMILES string of the molecule is CC(C)CN1CCOC(COC2CCC(C(=O)O)CC2)C1. The van der Waals surface area contributed by atoms with Crippen molar-refractivity contribution in [2.24, 2.45) is 11.8 Å². The Morgan fingerprint density at radius 1 is 1.33 bits per heavy atom. The summed E-state index contributed by atoms with van der Waals surface area (Å²) in [5.41, 5.74) is 0. The highest BCUT2D eigenvalue weighted by Gasteiger charge is 2.28. The van der Waals surface area contributed by atoms with E-state index in [-0.39, 0.29) is 18.1 Å². The zero-order valence-electron chi connectivity index (χ0n) is 13.3. The maximum atomic E-state index is 10.9. The topological polar surface area (TPSA) is 59.0 Å². The number of ether oxygens (including phenoxy) is 2. The molecule has 0 aromatic carbocycles. The van der Waals surface area contributed by atoms with Crippen LogP contribution in [-0.2, 0) is 14.3 Å². The van der Waals surface area contributed by atoms with Gasteiger partial charge in [0.1, 0.15) is 0 Å². The van der Waals surface area contributed by atoms with Crippen molar-refractivity contribution in [2.45, 2.75) is 51.7 Å². The molecule has 122 valence electrons. The zero-order valence-corrected chi connectivity index (χ0v) is 13.3. The van der Waals surface area contributed by atoms with Crippen molar-refractivity contribution >= 4 is 5.97 Å². The van der Waals surface area contributed by atoms with Crippen LogP contribution >= 0.6 is 0 Å². The van der Waals surface area contributed by atoms with Crippen molar-refractivity contribution in [3.63, 3.8) is 0 Å². The summed E-state index contributed by atoms with van der Waals surface area (Å²) in [5, 5.41) is 8.99. The van der Waals surface area contributed by atoms with E-state index in [4.69, 9.17) is 14.6 Å². The standard InChI is InChI=1S/C16H29NO4/c1-12(2)9-17-7-8-20-15(10-17)11-21-14-5-3-13(4-6-14)16(18)19/h12-15H,3-11H2,1-2H3,(H,18,19). The van der Waals surface area contributed by atoms with Crippen LogP contribution in [0.1, 0.15) is 39.5 Å². The molecule has 0 aromatic heterocycles. The van der Waals surface area contributed by atoms with Gasteiger partial charge in [-0.15, -0.1) is 0 Å². The molecule has 0 aromatic rings. The fourth-order valence-corrected chi connectivity index (χ4v) is 3.28. The highest BCUT2D eigenvalue weighted by molar-refractivity contribution is 5.70. The molecule has 0 spiro atoms. The molecule has 1 N–H and O–H groups in total. The van der Waals surface area contributed by atoms with Crippen LogP contribution in [0.25, 0.3) is 0 Å². The number of nitrogens with zero attached hydrogens (tertiary/aromatic N) is 1. The second-order valence-electron chi connectivity index (χ2n) is 6.79. The molecular formula is C16H29NO4. The molecule has 0 amide bonds. The highest BCUT2D eigenvalue weighted by Crippen LogP contribution is 2.26. The van der Waals surface area contributed by atoms with E-state index >= 15 is 0 Å². The van der Waals surface area contributed by atoms with Crippen LogP contribution in [0.5, 0.6) is 0 Å². The number of carboxylic acids is 1. The molecule has 1 aliphatic carbocycles. The molecule has 5 nitrogen and oxygen atoms in total. The van der Waals surface area contributed by atoms with Crippen molar-refractivity contribution < 1.29 is 19.4 Å². The Bertz CT molecular complexity index is 326. The van der Waals surface area contributed by atoms with Crippen molar-refractivity contribution in [2.75, 3.05) is 32.8 Å². The van der Waals surface area contributed by atoms with Crippen molar-refractivity contribution in [1.29, 1.82) is 0 Å². The Labute approximate surface area is 127 Å². The number of hydrogen-bond acceptors (Lipinski definition) is 4.